The second-order valence-electron chi connectivity index (χ2n) is 5.00. The van der Waals surface area contributed by atoms with Crippen molar-refractivity contribution in [3.8, 4) is 0 Å². The van der Waals surface area contributed by atoms with Gasteiger partial charge < -0.3 is 9.84 Å². The third-order valence-corrected chi connectivity index (χ3v) is 3.08. The molecule has 4 nitrogen and oxygen atoms in total. The average molecular weight is 272 g/mol. The molecule has 1 N–H and O–H groups in total. The number of carbonyl (C=O) groups excluding carboxylic acids is 1. The number of ether oxygens (including phenoxy) is 1. The topological polar surface area (TPSA) is 63.6 Å². The fourth-order valence-electron chi connectivity index (χ4n) is 1.92. The lowest BCUT2D eigenvalue weighted by molar-refractivity contribution is -0.150. The van der Waals surface area contributed by atoms with Crippen molar-refractivity contribution in [3.05, 3.63) is 0 Å². The maximum atomic E-state index is 11.7. The summed E-state index contributed by atoms with van der Waals surface area (Å²) in [4.78, 5) is 22.0. The molecule has 0 aliphatic heterocycles. The molecule has 19 heavy (non-hydrogen) atoms. The van der Waals surface area contributed by atoms with E-state index in [1.54, 1.807) is 0 Å². The van der Waals surface area contributed by atoms with Crippen LogP contribution in [-0.2, 0) is 14.3 Å². The monoisotopic (exact) mass is 272 g/mol. The van der Waals surface area contributed by atoms with E-state index in [0.717, 1.165) is 38.5 Å². The first-order chi connectivity index (χ1) is 9.10. The van der Waals surface area contributed by atoms with Gasteiger partial charge in [0.2, 0.25) is 0 Å². The first kappa shape index (κ1) is 17.9. The van der Waals surface area contributed by atoms with E-state index in [9.17, 15) is 9.59 Å². The Morgan fingerprint density at radius 2 is 1.47 bits per heavy atom. The average Bonchev–Trinajstić information content (AvgIpc) is 2.37. The van der Waals surface area contributed by atoms with Crippen molar-refractivity contribution in [1.29, 1.82) is 0 Å². The predicted molar refractivity (Wildman–Crippen MR) is 75.0 cm³/mol. The van der Waals surface area contributed by atoms with Crippen molar-refractivity contribution in [1.82, 2.24) is 0 Å². The molecule has 0 aliphatic carbocycles. The van der Waals surface area contributed by atoms with Crippen LogP contribution in [0.1, 0.15) is 78.1 Å². The summed E-state index contributed by atoms with van der Waals surface area (Å²) >= 11 is 0. The van der Waals surface area contributed by atoms with Gasteiger partial charge in [0.25, 0.3) is 0 Å². The van der Waals surface area contributed by atoms with E-state index in [4.69, 9.17) is 9.84 Å². The van der Waals surface area contributed by atoms with Gasteiger partial charge in [-0.15, -0.1) is 0 Å². The van der Waals surface area contributed by atoms with E-state index in [1.165, 1.54) is 0 Å². The summed E-state index contributed by atoms with van der Waals surface area (Å²) in [6.45, 7) is 4.26. The minimum Gasteiger partial charge on any atom is -0.481 e. The second kappa shape index (κ2) is 12.0. The molecule has 0 aliphatic rings. The van der Waals surface area contributed by atoms with Gasteiger partial charge >= 0.3 is 11.9 Å². The summed E-state index contributed by atoms with van der Waals surface area (Å²) in [5.41, 5.74) is 0. The molecule has 0 aromatic rings. The van der Waals surface area contributed by atoms with E-state index in [2.05, 4.69) is 13.8 Å². The molecular weight excluding hydrogens is 244 g/mol. The number of hydrogen-bond acceptors (Lipinski definition) is 3. The summed E-state index contributed by atoms with van der Waals surface area (Å²) in [7, 11) is 0. The summed E-state index contributed by atoms with van der Waals surface area (Å²) in [5.74, 6) is -0.986. The Kier molecular flexibility index (Phi) is 11.3. The molecule has 0 radical (unpaired) electrons. The normalized spacial score (nSPS) is 10.7. The first-order valence-electron chi connectivity index (χ1n) is 7.51. The molecule has 0 rings (SSSR count). The molecule has 0 unspecified atom stereocenters. The molecule has 0 aromatic carbocycles. The van der Waals surface area contributed by atoms with Crippen LogP contribution in [0.15, 0.2) is 0 Å². The zero-order valence-electron chi connectivity index (χ0n) is 12.3. The summed E-state index contributed by atoms with van der Waals surface area (Å²) in [6, 6.07) is 0. The highest BCUT2D eigenvalue weighted by Gasteiger charge is 2.13. The number of carbonyl (C=O) groups is 2. The molecular formula is C15H28O4. The van der Waals surface area contributed by atoms with Crippen LogP contribution < -0.4 is 0 Å². The molecule has 0 bridgehead atoms. The zero-order chi connectivity index (χ0) is 14.5. The van der Waals surface area contributed by atoms with Gasteiger partial charge in [-0.1, -0.05) is 39.5 Å². The Bertz CT molecular complexity index is 243. The van der Waals surface area contributed by atoms with Crippen LogP contribution in [0.3, 0.4) is 0 Å². The van der Waals surface area contributed by atoms with Crippen molar-refractivity contribution in [2.24, 2.45) is 0 Å². The van der Waals surface area contributed by atoms with Crippen LogP contribution in [0.4, 0.5) is 0 Å². The lowest BCUT2D eigenvalue weighted by atomic mass is 10.1. The zero-order valence-corrected chi connectivity index (χ0v) is 12.3. The first-order valence-corrected chi connectivity index (χ1v) is 7.51. The van der Waals surface area contributed by atoms with Crippen LogP contribution >= 0.6 is 0 Å². The number of esters is 1. The van der Waals surface area contributed by atoms with E-state index in [-0.39, 0.29) is 18.5 Å². The van der Waals surface area contributed by atoms with Gasteiger partial charge in [0.15, 0.2) is 0 Å². The Morgan fingerprint density at radius 1 is 0.947 bits per heavy atom. The van der Waals surface area contributed by atoms with E-state index < -0.39 is 5.97 Å². The standard InChI is InChI=1S/C15H28O4/c1-3-5-9-13(10-6-4-2)19-15(18)12-8-7-11-14(16)17/h13H,3-12H2,1-2H3,(H,16,17). The van der Waals surface area contributed by atoms with E-state index in [0.29, 0.717) is 19.3 Å². The third kappa shape index (κ3) is 11.7. The quantitative estimate of drug-likeness (QED) is 0.432. The minimum absolute atomic E-state index is 0.0480. The molecule has 0 aromatic heterocycles. The summed E-state index contributed by atoms with van der Waals surface area (Å²) < 4.78 is 5.48. The fraction of sp³-hybridized carbons (Fsp3) is 0.867. The van der Waals surface area contributed by atoms with Gasteiger partial charge in [0.05, 0.1) is 0 Å². The number of aliphatic carboxylic acids is 1. The number of carboxylic acid groups (broad SMARTS) is 1. The largest absolute Gasteiger partial charge is 0.481 e. The lowest BCUT2D eigenvalue weighted by Crippen LogP contribution is -2.18. The Morgan fingerprint density at radius 3 is 1.95 bits per heavy atom. The molecule has 0 amide bonds. The summed E-state index contributed by atoms with van der Waals surface area (Å²) in [6.07, 6.45) is 7.92. The SMILES string of the molecule is CCCCC(CCCC)OC(=O)CCCCC(=O)O. The molecule has 0 saturated heterocycles. The third-order valence-electron chi connectivity index (χ3n) is 3.08. The number of hydrogen-bond donors (Lipinski definition) is 1. The molecule has 0 fully saturated rings. The van der Waals surface area contributed by atoms with Gasteiger partial charge in [-0.05, 0) is 25.7 Å². The molecule has 112 valence electrons. The smallest absolute Gasteiger partial charge is 0.306 e. The van der Waals surface area contributed by atoms with Crippen LogP contribution in [0, 0.1) is 0 Å². The Labute approximate surface area is 116 Å². The van der Waals surface area contributed by atoms with E-state index in [1.807, 2.05) is 0 Å². The fourth-order valence-corrected chi connectivity index (χ4v) is 1.92. The number of unbranched alkanes of at least 4 members (excludes halogenated alkanes) is 3. The summed E-state index contributed by atoms with van der Waals surface area (Å²) in [5, 5.41) is 8.50. The lowest BCUT2D eigenvalue weighted by Gasteiger charge is -2.17. The number of carboxylic acids is 1. The molecule has 0 saturated carbocycles. The van der Waals surface area contributed by atoms with Crippen molar-refractivity contribution in [2.45, 2.75) is 84.2 Å². The van der Waals surface area contributed by atoms with Gasteiger partial charge in [0.1, 0.15) is 6.10 Å². The Balaban J connectivity index is 3.83. The molecule has 0 atom stereocenters. The van der Waals surface area contributed by atoms with Crippen LogP contribution in [0.25, 0.3) is 0 Å². The minimum atomic E-state index is -0.808. The predicted octanol–water partition coefficient (Wildman–Crippen LogP) is 3.92. The van der Waals surface area contributed by atoms with Crippen molar-refractivity contribution >= 4 is 11.9 Å². The van der Waals surface area contributed by atoms with Crippen molar-refractivity contribution in [2.75, 3.05) is 0 Å². The van der Waals surface area contributed by atoms with Crippen molar-refractivity contribution in [3.63, 3.8) is 0 Å². The van der Waals surface area contributed by atoms with Gasteiger partial charge in [0, 0.05) is 12.8 Å². The van der Waals surface area contributed by atoms with Gasteiger partial charge in [-0.25, -0.2) is 0 Å². The second-order valence-corrected chi connectivity index (χ2v) is 5.00. The van der Waals surface area contributed by atoms with Crippen LogP contribution in [0.2, 0.25) is 0 Å². The maximum Gasteiger partial charge on any atom is 0.306 e. The molecule has 0 spiro atoms. The Hall–Kier alpha value is -1.06. The van der Waals surface area contributed by atoms with Crippen molar-refractivity contribution < 1.29 is 19.4 Å². The molecule has 0 heterocycles. The highest BCUT2D eigenvalue weighted by Crippen LogP contribution is 2.14. The van der Waals surface area contributed by atoms with Crippen LogP contribution in [0.5, 0.6) is 0 Å². The number of rotatable bonds is 12. The van der Waals surface area contributed by atoms with E-state index >= 15 is 0 Å². The highest BCUT2D eigenvalue weighted by molar-refractivity contribution is 5.70. The molecule has 4 heteroatoms. The van der Waals surface area contributed by atoms with Crippen LogP contribution in [-0.4, -0.2) is 23.1 Å². The maximum absolute atomic E-state index is 11.7. The van der Waals surface area contributed by atoms with Gasteiger partial charge in [-0.2, -0.15) is 0 Å². The highest BCUT2D eigenvalue weighted by atomic mass is 16.5. The van der Waals surface area contributed by atoms with Gasteiger partial charge in [-0.3, -0.25) is 9.59 Å².